The Morgan fingerprint density at radius 1 is 1.37 bits per heavy atom. The average Bonchev–Trinajstić information content (AvgIpc) is 2.98. The van der Waals surface area contributed by atoms with Gasteiger partial charge >= 0.3 is 0 Å². The summed E-state index contributed by atoms with van der Waals surface area (Å²) in [6.45, 7) is 6.05. The van der Waals surface area contributed by atoms with Gasteiger partial charge in [0.15, 0.2) is 5.96 Å². The second-order valence-electron chi connectivity index (χ2n) is 7.07. The van der Waals surface area contributed by atoms with E-state index in [-0.39, 0.29) is 42.3 Å². The molecule has 0 aliphatic heterocycles. The summed E-state index contributed by atoms with van der Waals surface area (Å²) in [7, 11) is 1.82. The number of carbonyl (C=O) groups excluding carboxylic acids is 1. The molecule has 2 rings (SSSR count). The molecule has 1 amide bonds. The minimum atomic E-state index is -1.08. The largest absolute Gasteiger partial charge is 0.383 e. The maximum absolute atomic E-state index is 11.8. The monoisotopic (exact) mass is 492 g/mol. The van der Waals surface area contributed by atoms with E-state index in [1.54, 1.807) is 24.0 Å². The third-order valence-electron chi connectivity index (χ3n) is 4.64. The fourth-order valence-corrected chi connectivity index (χ4v) is 2.69. The van der Waals surface area contributed by atoms with Crippen LogP contribution in [0, 0.1) is 5.92 Å². The molecule has 0 radical (unpaired) electrons. The molecule has 154 valence electrons. The Bertz CT molecular complexity index is 613. The van der Waals surface area contributed by atoms with Gasteiger partial charge in [0.1, 0.15) is 5.60 Å². The van der Waals surface area contributed by atoms with Crippen molar-refractivity contribution in [3.63, 3.8) is 0 Å². The van der Waals surface area contributed by atoms with Crippen molar-refractivity contribution in [1.82, 2.24) is 25.7 Å². The van der Waals surface area contributed by atoms with Crippen molar-refractivity contribution in [3.05, 3.63) is 18.0 Å². The standard InChI is InChI=1S/C18H32N6O2.HI/c1-4-19-17(21-10-6-9-20-16(25)14-7-5-8-14)22-13-18(2,26)15-11-23-24(3)12-15;/h11-12,14,26H,4-10,13H2,1-3H3,(H,20,25)(H2,19,21,22);1H. The Morgan fingerprint density at radius 3 is 2.63 bits per heavy atom. The molecule has 4 N–H and O–H groups in total. The number of hydrogen-bond acceptors (Lipinski definition) is 4. The van der Waals surface area contributed by atoms with Crippen LogP contribution in [0.25, 0.3) is 0 Å². The third kappa shape index (κ3) is 7.65. The SMILES string of the molecule is CCNC(=NCC(C)(O)c1cnn(C)c1)NCCCNC(=O)C1CCC1.I. The van der Waals surface area contributed by atoms with Crippen molar-refractivity contribution in [2.45, 2.75) is 45.1 Å². The van der Waals surface area contributed by atoms with Crippen LogP contribution in [0.3, 0.4) is 0 Å². The summed E-state index contributed by atoms with van der Waals surface area (Å²) < 4.78 is 1.66. The number of aliphatic imine (C=N–C) groups is 1. The number of halogens is 1. The van der Waals surface area contributed by atoms with E-state index in [1.807, 2.05) is 14.0 Å². The van der Waals surface area contributed by atoms with Crippen molar-refractivity contribution in [3.8, 4) is 0 Å². The fraction of sp³-hybridized carbons (Fsp3) is 0.722. The minimum absolute atomic E-state index is 0. The number of aryl methyl sites for hydroxylation is 1. The van der Waals surface area contributed by atoms with Gasteiger partial charge in [0, 0.05) is 44.4 Å². The zero-order valence-corrected chi connectivity index (χ0v) is 18.8. The van der Waals surface area contributed by atoms with Crippen LogP contribution in [0.15, 0.2) is 17.4 Å². The molecular weight excluding hydrogens is 459 g/mol. The van der Waals surface area contributed by atoms with Gasteiger partial charge in [-0.25, -0.2) is 4.99 Å². The summed E-state index contributed by atoms with van der Waals surface area (Å²) in [6.07, 6.45) is 7.49. The molecule has 1 atom stereocenters. The van der Waals surface area contributed by atoms with Crippen molar-refractivity contribution < 1.29 is 9.90 Å². The topological polar surface area (TPSA) is 104 Å². The molecule has 1 saturated carbocycles. The van der Waals surface area contributed by atoms with Crippen LogP contribution in [0.5, 0.6) is 0 Å². The van der Waals surface area contributed by atoms with E-state index in [0.29, 0.717) is 19.0 Å². The summed E-state index contributed by atoms with van der Waals surface area (Å²) in [5, 5.41) is 24.1. The Hall–Kier alpha value is -1.36. The molecule has 0 aromatic carbocycles. The molecular formula is C18H33IN6O2. The molecule has 1 aliphatic carbocycles. The minimum Gasteiger partial charge on any atom is -0.383 e. The van der Waals surface area contributed by atoms with Crippen LogP contribution in [-0.2, 0) is 17.4 Å². The first-order chi connectivity index (χ1) is 12.4. The predicted octanol–water partition coefficient (Wildman–Crippen LogP) is 1.11. The number of guanidine groups is 1. The number of nitrogens with zero attached hydrogens (tertiary/aromatic N) is 3. The van der Waals surface area contributed by atoms with Gasteiger partial charge in [-0.3, -0.25) is 9.48 Å². The smallest absolute Gasteiger partial charge is 0.223 e. The highest BCUT2D eigenvalue weighted by atomic mass is 127. The van der Waals surface area contributed by atoms with Crippen molar-refractivity contribution in [2.75, 3.05) is 26.2 Å². The number of aliphatic hydroxyl groups is 1. The maximum atomic E-state index is 11.8. The van der Waals surface area contributed by atoms with Crippen LogP contribution in [0.1, 0.15) is 45.1 Å². The molecule has 27 heavy (non-hydrogen) atoms. The van der Waals surface area contributed by atoms with Gasteiger partial charge in [0.25, 0.3) is 0 Å². The lowest BCUT2D eigenvalue weighted by molar-refractivity contribution is -0.127. The third-order valence-corrected chi connectivity index (χ3v) is 4.64. The van der Waals surface area contributed by atoms with Crippen molar-refractivity contribution in [1.29, 1.82) is 0 Å². The molecule has 1 aromatic heterocycles. The zero-order valence-electron chi connectivity index (χ0n) is 16.5. The van der Waals surface area contributed by atoms with Crippen LogP contribution in [-0.4, -0.2) is 52.9 Å². The molecule has 0 spiro atoms. The molecule has 0 saturated heterocycles. The van der Waals surface area contributed by atoms with Gasteiger partial charge in [-0.15, -0.1) is 24.0 Å². The first-order valence-corrected chi connectivity index (χ1v) is 9.44. The van der Waals surface area contributed by atoms with Gasteiger partial charge in [-0.05, 0) is 33.1 Å². The van der Waals surface area contributed by atoms with E-state index >= 15 is 0 Å². The van der Waals surface area contributed by atoms with E-state index in [9.17, 15) is 9.90 Å². The molecule has 9 heteroatoms. The summed E-state index contributed by atoms with van der Waals surface area (Å²) >= 11 is 0. The number of carbonyl (C=O) groups is 1. The van der Waals surface area contributed by atoms with E-state index in [4.69, 9.17) is 0 Å². The van der Waals surface area contributed by atoms with Gasteiger partial charge in [0.05, 0.1) is 12.7 Å². The molecule has 1 aromatic rings. The Balaban J connectivity index is 0.00000364. The first kappa shape index (κ1) is 23.7. The van der Waals surface area contributed by atoms with Gasteiger partial charge in [-0.1, -0.05) is 6.42 Å². The molecule has 8 nitrogen and oxygen atoms in total. The van der Waals surface area contributed by atoms with Crippen molar-refractivity contribution >= 4 is 35.8 Å². The number of aromatic nitrogens is 2. The number of amides is 1. The number of nitrogens with one attached hydrogen (secondary N) is 3. The second-order valence-corrected chi connectivity index (χ2v) is 7.07. The highest BCUT2D eigenvalue weighted by Gasteiger charge is 2.25. The molecule has 1 unspecified atom stereocenters. The van der Waals surface area contributed by atoms with Gasteiger partial charge in [-0.2, -0.15) is 5.10 Å². The lowest BCUT2D eigenvalue weighted by Gasteiger charge is -2.24. The Morgan fingerprint density at radius 2 is 2.07 bits per heavy atom. The van der Waals surface area contributed by atoms with Crippen LogP contribution in [0.4, 0.5) is 0 Å². The first-order valence-electron chi connectivity index (χ1n) is 9.44. The maximum Gasteiger partial charge on any atom is 0.223 e. The van der Waals surface area contributed by atoms with E-state index in [2.05, 4.69) is 26.0 Å². The highest BCUT2D eigenvalue weighted by Crippen LogP contribution is 2.26. The molecule has 1 aliphatic rings. The summed E-state index contributed by atoms with van der Waals surface area (Å²) in [5.74, 6) is 1.07. The highest BCUT2D eigenvalue weighted by molar-refractivity contribution is 14.0. The Kier molecular flexibility index (Phi) is 10.1. The number of rotatable bonds is 9. The quantitative estimate of drug-likeness (QED) is 0.179. The zero-order chi connectivity index (χ0) is 19.0. The van der Waals surface area contributed by atoms with Crippen LogP contribution < -0.4 is 16.0 Å². The van der Waals surface area contributed by atoms with Crippen LogP contribution in [0.2, 0.25) is 0 Å². The average molecular weight is 492 g/mol. The van der Waals surface area contributed by atoms with Gasteiger partial charge < -0.3 is 21.1 Å². The van der Waals surface area contributed by atoms with Gasteiger partial charge in [0.2, 0.25) is 5.91 Å². The normalized spacial score (nSPS) is 16.7. The Labute approximate surface area is 178 Å². The van der Waals surface area contributed by atoms with E-state index in [1.165, 1.54) is 6.42 Å². The number of hydrogen-bond donors (Lipinski definition) is 4. The lowest BCUT2D eigenvalue weighted by atomic mass is 9.85. The van der Waals surface area contributed by atoms with E-state index < -0.39 is 5.60 Å². The second kappa shape index (κ2) is 11.5. The fourth-order valence-electron chi connectivity index (χ4n) is 2.69. The molecule has 1 fully saturated rings. The van der Waals surface area contributed by atoms with Crippen LogP contribution >= 0.6 is 24.0 Å². The molecule has 0 bridgehead atoms. The lowest BCUT2D eigenvalue weighted by Crippen LogP contribution is -2.40. The summed E-state index contributed by atoms with van der Waals surface area (Å²) in [6, 6.07) is 0. The molecule has 1 heterocycles. The predicted molar refractivity (Wildman–Crippen MR) is 117 cm³/mol. The summed E-state index contributed by atoms with van der Waals surface area (Å²) in [5.41, 5.74) is -0.341. The van der Waals surface area contributed by atoms with Crippen molar-refractivity contribution in [2.24, 2.45) is 18.0 Å². The van der Waals surface area contributed by atoms with E-state index in [0.717, 1.165) is 31.4 Å². The summed E-state index contributed by atoms with van der Waals surface area (Å²) in [4.78, 5) is 16.2.